The fraction of sp³-hybridized carbons (Fsp3) is 0.643. The number of rotatable bonds is 6. The number of esters is 1. The molecule has 0 radical (unpaired) electrons. The van der Waals surface area contributed by atoms with Gasteiger partial charge in [-0.3, -0.25) is 4.79 Å². The minimum absolute atomic E-state index is 0.196. The van der Waals surface area contributed by atoms with Crippen molar-refractivity contribution in [3.8, 4) is 0 Å². The van der Waals surface area contributed by atoms with Crippen LogP contribution < -0.4 is 0 Å². The molecule has 0 bridgehead atoms. The molecule has 0 aliphatic heterocycles. The molecule has 1 aromatic rings. The molecule has 1 heterocycles. The van der Waals surface area contributed by atoms with Gasteiger partial charge in [0.2, 0.25) is 0 Å². The smallest absolute Gasteiger partial charge is 0.319 e. The van der Waals surface area contributed by atoms with Crippen molar-refractivity contribution in [1.82, 2.24) is 9.97 Å². The zero-order valence-electron chi connectivity index (χ0n) is 12.3. The van der Waals surface area contributed by atoms with Crippen LogP contribution in [0, 0.1) is 20.8 Å². The third-order valence-electron chi connectivity index (χ3n) is 3.14. The van der Waals surface area contributed by atoms with Crippen LogP contribution >= 0.6 is 11.8 Å². The lowest BCUT2D eigenvalue weighted by atomic mass is 10.2. The van der Waals surface area contributed by atoms with E-state index in [-0.39, 0.29) is 11.2 Å². The summed E-state index contributed by atoms with van der Waals surface area (Å²) < 4.78 is 4.85. The number of unbranched alkanes of at least 4 members (excludes halogenated alkanes) is 1. The molecule has 1 atom stereocenters. The van der Waals surface area contributed by atoms with E-state index in [9.17, 15) is 4.79 Å². The molecule has 106 valence electrons. The van der Waals surface area contributed by atoms with Gasteiger partial charge in [0.15, 0.2) is 5.16 Å². The predicted molar refractivity (Wildman–Crippen MR) is 77.4 cm³/mol. The maximum absolute atomic E-state index is 11.8. The number of aromatic nitrogens is 2. The number of carbonyl (C=O) groups is 1. The molecule has 19 heavy (non-hydrogen) atoms. The molecular formula is C14H22N2O2S. The van der Waals surface area contributed by atoms with Gasteiger partial charge in [0.25, 0.3) is 0 Å². The first-order chi connectivity index (χ1) is 8.99. The molecule has 5 heteroatoms. The Labute approximate surface area is 119 Å². The molecule has 0 N–H and O–H groups in total. The van der Waals surface area contributed by atoms with E-state index in [1.807, 2.05) is 20.8 Å². The molecule has 0 aliphatic rings. The van der Waals surface area contributed by atoms with E-state index in [1.54, 1.807) is 0 Å². The second-order valence-corrected chi connectivity index (χ2v) is 5.74. The van der Waals surface area contributed by atoms with Gasteiger partial charge in [-0.15, -0.1) is 0 Å². The normalized spacial score (nSPS) is 12.3. The van der Waals surface area contributed by atoms with E-state index < -0.39 is 0 Å². The topological polar surface area (TPSA) is 52.1 Å². The van der Waals surface area contributed by atoms with Crippen molar-refractivity contribution < 1.29 is 9.53 Å². The molecule has 0 saturated carbocycles. The first-order valence-electron chi connectivity index (χ1n) is 6.55. The van der Waals surface area contributed by atoms with Crippen LogP contribution in [0.2, 0.25) is 0 Å². The molecule has 0 spiro atoms. The van der Waals surface area contributed by atoms with Gasteiger partial charge in [0, 0.05) is 11.4 Å². The number of thioether (sulfide) groups is 1. The first kappa shape index (κ1) is 16.0. The average Bonchev–Trinajstić information content (AvgIpc) is 2.39. The van der Waals surface area contributed by atoms with Crippen LogP contribution in [0.25, 0.3) is 0 Å². The first-order valence-corrected chi connectivity index (χ1v) is 7.43. The fourth-order valence-corrected chi connectivity index (χ4v) is 2.78. The Balaban J connectivity index is 2.86. The highest BCUT2D eigenvalue weighted by molar-refractivity contribution is 8.00. The number of hydrogen-bond acceptors (Lipinski definition) is 5. The highest BCUT2D eigenvalue weighted by Gasteiger charge is 2.21. The van der Waals surface area contributed by atoms with E-state index in [1.165, 1.54) is 18.9 Å². The standard InChI is InChI=1S/C14H22N2O2S/c1-6-7-8-12(13(17)18-5)19-14-15-10(3)9(2)11(4)16-14/h12H,6-8H2,1-5H3. The summed E-state index contributed by atoms with van der Waals surface area (Å²) in [5, 5.41) is 0.443. The van der Waals surface area contributed by atoms with E-state index >= 15 is 0 Å². The van der Waals surface area contributed by atoms with Crippen LogP contribution in [0.3, 0.4) is 0 Å². The SMILES string of the molecule is CCCCC(Sc1nc(C)c(C)c(C)n1)C(=O)OC. The maximum atomic E-state index is 11.8. The lowest BCUT2D eigenvalue weighted by molar-refractivity contribution is -0.140. The Morgan fingerprint density at radius 1 is 1.26 bits per heavy atom. The van der Waals surface area contributed by atoms with Crippen LogP contribution in [0.5, 0.6) is 0 Å². The van der Waals surface area contributed by atoms with Gasteiger partial charge >= 0.3 is 5.97 Å². The number of methoxy groups -OCH3 is 1. The largest absolute Gasteiger partial charge is 0.468 e. The molecule has 0 amide bonds. The summed E-state index contributed by atoms with van der Waals surface area (Å²) in [6.45, 7) is 8.05. The lowest BCUT2D eigenvalue weighted by Crippen LogP contribution is -2.19. The minimum atomic E-state index is -0.216. The van der Waals surface area contributed by atoms with Gasteiger partial charge in [-0.05, 0) is 32.8 Å². The van der Waals surface area contributed by atoms with E-state index in [2.05, 4.69) is 16.9 Å². The van der Waals surface area contributed by atoms with Gasteiger partial charge < -0.3 is 4.74 Å². The van der Waals surface area contributed by atoms with Crippen LogP contribution in [-0.4, -0.2) is 28.3 Å². The number of hydrogen-bond donors (Lipinski definition) is 0. The fourth-order valence-electron chi connectivity index (χ4n) is 1.67. The third-order valence-corrected chi connectivity index (χ3v) is 4.25. The summed E-state index contributed by atoms with van der Waals surface area (Å²) in [6.07, 6.45) is 2.85. The summed E-state index contributed by atoms with van der Waals surface area (Å²) in [7, 11) is 1.42. The number of aryl methyl sites for hydroxylation is 2. The van der Waals surface area contributed by atoms with Crippen molar-refractivity contribution in [2.45, 2.75) is 57.4 Å². The van der Waals surface area contributed by atoms with Crippen molar-refractivity contribution in [2.75, 3.05) is 7.11 Å². The van der Waals surface area contributed by atoms with Gasteiger partial charge in [-0.25, -0.2) is 9.97 Å². The molecule has 1 unspecified atom stereocenters. The van der Waals surface area contributed by atoms with Crippen LogP contribution in [0.15, 0.2) is 5.16 Å². The Bertz CT molecular complexity index is 426. The zero-order valence-corrected chi connectivity index (χ0v) is 13.1. The van der Waals surface area contributed by atoms with E-state index in [0.29, 0.717) is 5.16 Å². The molecule has 1 rings (SSSR count). The second-order valence-electron chi connectivity index (χ2n) is 4.57. The molecule has 1 aromatic heterocycles. The second kappa shape index (κ2) is 7.48. The molecule has 0 fully saturated rings. The Morgan fingerprint density at radius 3 is 2.32 bits per heavy atom. The van der Waals surface area contributed by atoms with Crippen LogP contribution in [-0.2, 0) is 9.53 Å². The summed E-state index contributed by atoms with van der Waals surface area (Å²) in [5.41, 5.74) is 3.04. The Kier molecular flexibility index (Phi) is 6.28. The highest BCUT2D eigenvalue weighted by atomic mass is 32.2. The maximum Gasteiger partial charge on any atom is 0.319 e. The molecule has 0 aliphatic carbocycles. The van der Waals surface area contributed by atoms with Gasteiger partial charge in [0.05, 0.1) is 7.11 Å². The average molecular weight is 282 g/mol. The predicted octanol–water partition coefficient (Wildman–Crippen LogP) is 3.23. The van der Waals surface area contributed by atoms with Crippen molar-refractivity contribution in [3.05, 3.63) is 17.0 Å². The highest BCUT2D eigenvalue weighted by Crippen LogP contribution is 2.26. The van der Waals surface area contributed by atoms with Crippen molar-refractivity contribution in [2.24, 2.45) is 0 Å². The van der Waals surface area contributed by atoms with Crippen molar-refractivity contribution >= 4 is 17.7 Å². The van der Waals surface area contributed by atoms with Crippen molar-refractivity contribution in [3.63, 3.8) is 0 Å². The van der Waals surface area contributed by atoms with Crippen molar-refractivity contribution in [1.29, 1.82) is 0 Å². The van der Waals surface area contributed by atoms with E-state index in [0.717, 1.165) is 36.2 Å². The summed E-state index contributed by atoms with van der Waals surface area (Å²) in [5.74, 6) is -0.196. The molecule has 0 saturated heterocycles. The summed E-state index contributed by atoms with van der Waals surface area (Å²) in [4.78, 5) is 20.6. The van der Waals surface area contributed by atoms with Crippen LogP contribution in [0.1, 0.15) is 43.1 Å². The lowest BCUT2D eigenvalue weighted by Gasteiger charge is -2.14. The quantitative estimate of drug-likeness (QED) is 0.455. The van der Waals surface area contributed by atoms with Gasteiger partial charge in [0.1, 0.15) is 5.25 Å². The zero-order chi connectivity index (χ0) is 14.4. The summed E-state index contributed by atoms with van der Waals surface area (Å²) >= 11 is 1.40. The Hall–Kier alpha value is -1.10. The number of carbonyl (C=O) groups excluding carboxylic acids is 1. The molecule has 4 nitrogen and oxygen atoms in total. The van der Waals surface area contributed by atoms with E-state index in [4.69, 9.17) is 4.74 Å². The molecular weight excluding hydrogens is 260 g/mol. The van der Waals surface area contributed by atoms with Gasteiger partial charge in [-0.1, -0.05) is 31.5 Å². The minimum Gasteiger partial charge on any atom is -0.468 e. The number of ether oxygens (including phenoxy) is 1. The monoisotopic (exact) mass is 282 g/mol. The van der Waals surface area contributed by atoms with Crippen LogP contribution in [0.4, 0.5) is 0 Å². The Morgan fingerprint density at radius 2 is 1.84 bits per heavy atom. The van der Waals surface area contributed by atoms with Gasteiger partial charge in [-0.2, -0.15) is 0 Å². The summed E-state index contributed by atoms with van der Waals surface area (Å²) in [6, 6.07) is 0. The number of nitrogens with zero attached hydrogens (tertiary/aromatic N) is 2. The third kappa shape index (κ3) is 4.49. The molecule has 0 aromatic carbocycles.